The molecule has 0 aliphatic heterocycles. The quantitative estimate of drug-likeness (QED) is 0.542. The number of carbonyl (C=O) groups is 1. The largest absolute Gasteiger partial charge is 0.291 e. The maximum absolute atomic E-state index is 12.0. The lowest BCUT2D eigenvalue weighted by atomic mass is 10.2. The van der Waals surface area contributed by atoms with Crippen molar-refractivity contribution in [1.29, 1.82) is 0 Å². The van der Waals surface area contributed by atoms with E-state index in [4.69, 9.17) is 0 Å². The van der Waals surface area contributed by atoms with Gasteiger partial charge in [0.15, 0.2) is 5.69 Å². The van der Waals surface area contributed by atoms with Gasteiger partial charge in [-0.05, 0) is 29.3 Å². The zero-order chi connectivity index (χ0) is 16.8. The Labute approximate surface area is 148 Å². The van der Waals surface area contributed by atoms with Crippen molar-refractivity contribution < 1.29 is 4.79 Å². The molecule has 1 heterocycles. The zero-order valence-corrected chi connectivity index (χ0v) is 14.3. The van der Waals surface area contributed by atoms with Crippen LogP contribution < -0.4 is 5.43 Å². The Bertz CT molecular complexity index is 841. The van der Waals surface area contributed by atoms with Gasteiger partial charge in [0.1, 0.15) is 0 Å². The third kappa shape index (κ3) is 4.39. The maximum Gasteiger partial charge on any atom is 0.291 e. The molecule has 0 radical (unpaired) electrons. The summed E-state index contributed by atoms with van der Waals surface area (Å²) in [5.41, 5.74) is 4.83. The summed E-state index contributed by atoms with van der Waals surface area (Å²) >= 11 is 3.41. The highest BCUT2D eigenvalue weighted by molar-refractivity contribution is 9.10. The summed E-state index contributed by atoms with van der Waals surface area (Å²) in [5, 5.41) is 8.21. The highest BCUT2D eigenvalue weighted by atomic mass is 79.9. The topological polar surface area (TPSA) is 59.3 Å². The fourth-order valence-electron chi connectivity index (χ4n) is 2.11. The van der Waals surface area contributed by atoms with E-state index in [-0.39, 0.29) is 5.91 Å². The molecule has 3 rings (SSSR count). The molecule has 5 nitrogen and oxygen atoms in total. The van der Waals surface area contributed by atoms with Gasteiger partial charge < -0.3 is 0 Å². The summed E-state index contributed by atoms with van der Waals surface area (Å²) in [5.74, 6) is -0.336. The van der Waals surface area contributed by atoms with E-state index in [1.165, 1.54) is 0 Å². The lowest BCUT2D eigenvalue weighted by molar-refractivity contribution is 0.0949. The van der Waals surface area contributed by atoms with Crippen molar-refractivity contribution >= 4 is 28.1 Å². The van der Waals surface area contributed by atoms with Crippen molar-refractivity contribution in [3.05, 3.63) is 88.2 Å². The minimum Gasteiger partial charge on any atom is -0.268 e. The van der Waals surface area contributed by atoms with Crippen LogP contribution in [0.25, 0.3) is 0 Å². The van der Waals surface area contributed by atoms with Gasteiger partial charge in [-0.1, -0.05) is 58.4 Å². The molecule has 0 fully saturated rings. The van der Waals surface area contributed by atoms with Gasteiger partial charge in [-0.3, -0.25) is 9.48 Å². The van der Waals surface area contributed by atoms with Crippen molar-refractivity contribution in [2.24, 2.45) is 5.10 Å². The summed E-state index contributed by atoms with van der Waals surface area (Å²) in [6.45, 7) is 0.605. The molecule has 0 atom stereocenters. The van der Waals surface area contributed by atoms with Crippen LogP contribution in [0.5, 0.6) is 0 Å². The molecule has 1 aromatic heterocycles. The molecule has 6 heteroatoms. The van der Waals surface area contributed by atoms with E-state index in [0.717, 1.165) is 15.6 Å². The first kappa shape index (κ1) is 16.1. The molecule has 0 aliphatic carbocycles. The van der Waals surface area contributed by atoms with Crippen LogP contribution in [-0.2, 0) is 6.54 Å². The predicted octanol–water partition coefficient (Wildman–Crippen LogP) is 3.46. The van der Waals surface area contributed by atoms with Crippen molar-refractivity contribution in [2.45, 2.75) is 6.54 Å². The summed E-state index contributed by atoms with van der Waals surface area (Å²) < 4.78 is 2.75. The Morgan fingerprint density at radius 1 is 1.12 bits per heavy atom. The highest BCUT2D eigenvalue weighted by Crippen LogP contribution is 2.11. The summed E-state index contributed by atoms with van der Waals surface area (Å²) in [7, 11) is 0. The molecule has 120 valence electrons. The van der Waals surface area contributed by atoms with Crippen LogP contribution in [0.1, 0.15) is 21.6 Å². The van der Waals surface area contributed by atoms with Gasteiger partial charge in [0.25, 0.3) is 5.91 Å². The molecule has 0 unspecified atom stereocenters. The van der Waals surface area contributed by atoms with Gasteiger partial charge in [0.2, 0.25) is 0 Å². The van der Waals surface area contributed by atoms with Gasteiger partial charge in [0, 0.05) is 10.7 Å². The molecule has 0 bridgehead atoms. The predicted molar refractivity (Wildman–Crippen MR) is 97.0 cm³/mol. The van der Waals surface area contributed by atoms with Crippen molar-refractivity contribution in [3.8, 4) is 0 Å². The van der Waals surface area contributed by atoms with E-state index < -0.39 is 0 Å². The van der Waals surface area contributed by atoms with Crippen molar-refractivity contribution in [2.75, 3.05) is 0 Å². The molecule has 24 heavy (non-hydrogen) atoms. The molecule has 0 saturated carbocycles. The smallest absolute Gasteiger partial charge is 0.268 e. The van der Waals surface area contributed by atoms with Gasteiger partial charge in [0.05, 0.1) is 12.8 Å². The summed E-state index contributed by atoms with van der Waals surface area (Å²) in [4.78, 5) is 12.0. The van der Waals surface area contributed by atoms with Gasteiger partial charge in [-0.2, -0.15) is 10.2 Å². The first-order valence-electron chi connectivity index (χ1n) is 7.37. The Kier molecular flexibility index (Phi) is 5.18. The Balaban J connectivity index is 1.59. The van der Waals surface area contributed by atoms with E-state index in [1.54, 1.807) is 23.2 Å². The minimum atomic E-state index is -0.336. The fraction of sp³-hybridized carbons (Fsp3) is 0.0556. The number of rotatable bonds is 5. The van der Waals surface area contributed by atoms with E-state index in [2.05, 4.69) is 31.6 Å². The van der Waals surface area contributed by atoms with Crippen LogP contribution in [0, 0.1) is 0 Å². The first-order chi connectivity index (χ1) is 11.7. The first-order valence-corrected chi connectivity index (χ1v) is 8.16. The number of hydrogen-bond donors (Lipinski definition) is 1. The van der Waals surface area contributed by atoms with Crippen molar-refractivity contribution in [1.82, 2.24) is 15.2 Å². The third-order valence-corrected chi connectivity index (χ3v) is 3.84. The lowest BCUT2D eigenvalue weighted by Gasteiger charge is -2.02. The van der Waals surface area contributed by atoms with Crippen LogP contribution in [0.15, 0.2) is 76.4 Å². The Morgan fingerprint density at radius 2 is 1.88 bits per heavy atom. The van der Waals surface area contributed by atoms with Gasteiger partial charge >= 0.3 is 0 Å². The van der Waals surface area contributed by atoms with Crippen LogP contribution >= 0.6 is 15.9 Å². The van der Waals surface area contributed by atoms with Gasteiger partial charge in [-0.25, -0.2) is 5.43 Å². The maximum atomic E-state index is 12.0. The molecule has 0 saturated heterocycles. The molecule has 0 spiro atoms. The lowest BCUT2D eigenvalue weighted by Crippen LogP contribution is -2.18. The second-order valence-electron chi connectivity index (χ2n) is 5.13. The van der Waals surface area contributed by atoms with Crippen molar-refractivity contribution in [3.63, 3.8) is 0 Å². The molecular formula is C18H15BrN4O. The molecule has 2 aromatic carbocycles. The van der Waals surface area contributed by atoms with Crippen LogP contribution in [0.2, 0.25) is 0 Å². The number of nitrogens with zero attached hydrogens (tertiary/aromatic N) is 3. The molecule has 1 N–H and O–H groups in total. The monoisotopic (exact) mass is 382 g/mol. The van der Waals surface area contributed by atoms with E-state index in [9.17, 15) is 4.79 Å². The highest BCUT2D eigenvalue weighted by Gasteiger charge is 2.08. The number of aromatic nitrogens is 2. The number of nitrogens with one attached hydrogen (secondary N) is 1. The fourth-order valence-corrected chi connectivity index (χ4v) is 2.37. The third-order valence-electron chi connectivity index (χ3n) is 3.31. The second-order valence-corrected chi connectivity index (χ2v) is 6.05. The Hall–Kier alpha value is -2.73. The Morgan fingerprint density at radius 3 is 2.62 bits per heavy atom. The number of halogens is 1. The average molecular weight is 383 g/mol. The van der Waals surface area contributed by atoms with Gasteiger partial charge in [-0.15, -0.1) is 0 Å². The molecule has 3 aromatic rings. The molecule has 1 amide bonds. The average Bonchev–Trinajstić information content (AvgIpc) is 3.06. The summed E-state index contributed by atoms with van der Waals surface area (Å²) in [6, 6.07) is 19.2. The van der Waals surface area contributed by atoms with E-state index in [1.807, 2.05) is 54.6 Å². The summed E-state index contributed by atoms with van der Waals surface area (Å²) in [6.07, 6.45) is 3.37. The van der Waals surface area contributed by atoms with E-state index in [0.29, 0.717) is 12.2 Å². The number of benzene rings is 2. The number of hydrazone groups is 1. The number of carbonyl (C=O) groups excluding carboxylic acids is 1. The van der Waals surface area contributed by atoms with Crippen LogP contribution in [-0.4, -0.2) is 21.9 Å². The standard InChI is InChI=1S/C18H15BrN4O/c19-16-8-6-15(7-9-16)13-23-11-10-17(22-23)18(24)21-20-12-14-4-2-1-3-5-14/h1-12H,13H2,(H,21,24). The molecule has 0 aliphatic rings. The number of hydrogen-bond acceptors (Lipinski definition) is 3. The zero-order valence-electron chi connectivity index (χ0n) is 12.8. The number of amides is 1. The second kappa shape index (κ2) is 7.70. The minimum absolute atomic E-state index is 0.331. The normalized spacial score (nSPS) is 10.9. The van der Waals surface area contributed by atoms with E-state index >= 15 is 0 Å². The van der Waals surface area contributed by atoms with Crippen LogP contribution in [0.3, 0.4) is 0 Å². The molecular weight excluding hydrogens is 368 g/mol. The SMILES string of the molecule is O=C(NN=Cc1ccccc1)c1ccn(Cc2ccc(Br)cc2)n1. The van der Waals surface area contributed by atoms with Crippen LogP contribution in [0.4, 0.5) is 0 Å².